The van der Waals surface area contributed by atoms with Gasteiger partial charge in [0, 0.05) is 0 Å². The Hall–Kier alpha value is -1.18. The van der Waals surface area contributed by atoms with Crippen molar-refractivity contribution in [3.63, 3.8) is 0 Å². The molecule has 2 nitrogen and oxygen atoms in total. The Kier molecular flexibility index (Phi) is 3.18. The fourth-order valence-corrected chi connectivity index (χ4v) is 1.32. The van der Waals surface area contributed by atoms with Crippen LogP contribution in [0.25, 0.3) is 0 Å². The Morgan fingerprint density at radius 1 is 1.38 bits per heavy atom. The van der Waals surface area contributed by atoms with Crippen LogP contribution >= 0.6 is 0 Å². The van der Waals surface area contributed by atoms with E-state index < -0.39 is 0 Å². The fourth-order valence-electron chi connectivity index (χ4n) is 1.32. The molecule has 72 valence electrons. The summed E-state index contributed by atoms with van der Waals surface area (Å²) in [5.41, 5.74) is 1.20. The SMILES string of the molecule is COc1cc(CC(C)C)ccc1O. The number of phenolic OH excluding ortho intramolecular Hbond substituents is 1. The minimum absolute atomic E-state index is 0.204. The zero-order chi connectivity index (χ0) is 9.84. The maximum atomic E-state index is 9.34. The summed E-state index contributed by atoms with van der Waals surface area (Å²) < 4.78 is 5.02. The molecule has 0 saturated heterocycles. The van der Waals surface area contributed by atoms with Gasteiger partial charge < -0.3 is 9.84 Å². The molecule has 0 heterocycles. The summed E-state index contributed by atoms with van der Waals surface area (Å²) in [4.78, 5) is 0. The minimum Gasteiger partial charge on any atom is -0.504 e. The van der Waals surface area contributed by atoms with Crippen molar-refractivity contribution in [1.29, 1.82) is 0 Å². The van der Waals surface area contributed by atoms with Crippen LogP contribution < -0.4 is 4.74 Å². The Morgan fingerprint density at radius 3 is 2.62 bits per heavy atom. The smallest absolute Gasteiger partial charge is 0.160 e. The van der Waals surface area contributed by atoms with Gasteiger partial charge in [0.15, 0.2) is 11.5 Å². The highest BCUT2D eigenvalue weighted by Crippen LogP contribution is 2.27. The van der Waals surface area contributed by atoms with Crippen molar-refractivity contribution in [2.24, 2.45) is 5.92 Å². The summed E-state index contributed by atoms with van der Waals surface area (Å²) in [6.45, 7) is 4.33. The van der Waals surface area contributed by atoms with E-state index in [4.69, 9.17) is 4.74 Å². The number of methoxy groups -OCH3 is 1. The average molecular weight is 180 g/mol. The van der Waals surface area contributed by atoms with Crippen LogP contribution in [0.1, 0.15) is 19.4 Å². The van der Waals surface area contributed by atoms with Crippen LogP contribution in [-0.4, -0.2) is 12.2 Å². The summed E-state index contributed by atoms with van der Waals surface area (Å²) in [7, 11) is 1.56. The molecule has 0 radical (unpaired) electrons. The summed E-state index contributed by atoms with van der Waals surface area (Å²) >= 11 is 0. The highest BCUT2D eigenvalue weighted by Gasteiger charge is 2.03. The summed E-state index contributed by atoms with van der Waals surface area (Å²) in [5, 5.41) is 9.34. The number of hydrogen-bond acceptors (Lipinski definition) is 2. The van der Waals surface area contributed by atoms with Crippen LogP contribution in [0.4, 0.5) is 0 Å². The number of ether oxygens (including phenoxy) is 1. The summed E-state index contributed by atoms with van der Waals surface area (Å²) in [5.74, 6) is 1.38. The first-order valence-corrected chi connectivity index (χ1v) is 4.49. The summed E-state index contributed by atoms with van der Waals surface area (Å²) in [6.07, 6.45) is 1.01. The van der Waals surface area contributed by atoms with Crippen molar-refractivity contribution >= 4 is 0 Å². The van der Waals surface area contributed by atoms with Gasteiger partial charge in [-0.05, 0) is 30.0 Å². The topological polar surface area (TPSA) is 29.5 Å². The van der Waals surface area contributed by atoms with Crippen LogP contribution in [0.5, 0.6) is 11.5 Å². The zero-order valence-electron chi connectivity index (χ0n) is 8.37. The van der Waals surface area contributed by atoms with E-state index in [0.29, 0.717) is 11.7 Å². The van der Waals surface area contributed by atoms with E-state index in [1.165, 1.54) is 5.56 Å². The molecule has 13 heavy (non-hydrogen) atoms. The normalized spacial score (nSPS) is 10.5. The molecular weight excluding hydrogens is 164 g/mol. The molecule has 0 aliphatic rings. The molecular formula is C11H16O2. The van der Waals surface area contributed by atoms with Gasteiger partial charge in [0.1, 0.15) is 0 Å². The lowest BCUT2D eigenvalue weighted by molar-refractivity contribution is 0.372. The highest BCUT2D eigenvalue weighted by molar-refractivity contribution is 5.41. The van der Waals surface area contributed by atoms with E-state index >= 15 is 0 Å². The maximum Gasteiger partial charge on any atom is 0.160 e. The lowest BCUT2D eigenvalue weighted by atomic mass is 10.0. The average Bonchev–Trinajstić information content (AvgIpc) is 2.07. The largest absolute Gasteiger partial charge is 0.504 e. The lowest BCUT2D eigenvalue weighted by Gasteiger charge is -2.08. The van der Waals surface area contributed by atoms with Crippen molar-refractivity contribution in [2.75, 3.05) is 7.11 Å². The Labute approximate surface area is 79.2 Å². The molecule has 0 aliphatic carbocycles. The van der Waals surface area contributed by atoms with Gasteiger partial charge in [-0.25, -0.2) is 0 Å². The first-order valence-electron chi connectivity index (χ1n) is 4.49. The standard InChI is InChI=1S/C11H16O2/c1-8(2)6-9-4-5-10(12)11(7-9)13-3/h4-5,7-8,12H,6H2,1-3H3. The van der Waals surface area contributed by atoms with Gasteiger partial charge in [-0.15, -0.1) is 0 Å². The van der Waals surface area contributed by atoms with Crippen LogP contribution in [0.3, 0.4) is 0 Å². The highest BCUT2D eigenvalue weighted by atomic mass is 16.5. The maximum absolute atomic E-state index is 9.34. The van der Waals surface area contributed by atoms with E-state index in [9.17, 15) is 5.11 Å². The molecule has 0 saturated carbocycles. The quantitative estimate of drug-likeness (QED) is 0.774. The van der Waals surface area contributed by atoms with Gasteiger partial charge in [-0.2, -0.15) is 0 Å². The van der Waals surface area contributed by atoms with Crippen LogP contribution in [0.15, 0.2) is 18.2 Å². The molecule has 2 heteroatoms. The number of aromatic hydroxyl groups is 1. The molecule has 0 atom stereocenters. The van der Waals surface area contributed by atoms with Crippen molar-refractivity contribution in [3.05, 3.63) is 23.8 Å². The van der Waals surface area contributed by atoms with Crippen molar-refractivity contribution in [2.45, 2.75) is 20.3 Å². The Balaban J connectivity index is 2.86. The molecule has 0 bridgehead atoms. The number of phenols is 1. The van der Waals surface area contributed by atoms with Gasteiger partial charge in [0.2, 0.25) is 0 Å². The van der Waals surface area contributed by atoms with Crippen molar-refractivity contribution in [1.82, 2.24) is 0 Å². The first kappa shape index (κ1) is 9.90. The first-order chi connectivity index (χ1) is 6.13. The second-order valence-electron chi connectivity index (χ2n) is 3.60. The third-order valence-corrected chi connectivity index (χ3v) is 1.89. The zero-order valence-corrected chi connectivity index (χ0v) is 8.37. The van der Waals surface area contributed by atoms with Crippen molar-refractivity contribution in [3.8, 4) is 11.5 Å². The molecule has 0 spiro atoms. The van der Waals surface area contributed by atoms with Crippen molar-refractivity contribution < 1.29 is 9.84 Å². The second kappa shape index (κ2) is 4.17. The van der Waals surface area contributed by atoms with E-state index in [2.05, 4.69) is 13.8 Å². The minimum atomic E-state index is 0.204. The number of hydrogen-bond donors (Lipinski definition) is 1. The molecule has 0 amide bonds. The predicted octanol–water partition coefficient (Wildman–Crippen LogP) is 2.60. The third-order valence-electron chi connectivity index (χ3n) is 1.89. The third kappa shape index (κ3) is 2.65. The number of benzene rings is 1. The van der Waals surface area contributed by atoms with E-state index in [0.717, 1.165) is 6.42 Å². The van der Waals surface area contributed by atoms with Crippen LogP contribution in [-0.2, 0) is 6.42 Å². The van der Waals surface area contributed by atoms with Gasteiger partial charge in [0.05, 0.1) is 7.11 Å². The predicted molar refractivity (Wildman–Crippen MR) is 53.2 cm³/mol. The molecule has 1 N–H and O–H groups in total. The van der Waals surface area contributed by atoms with E-state index in [-0.39, 0.29) is 5.75 Å². The monoisotopic (exact) mass is 180 g/mol. The van der Waals surface area contributed by atoms with Gasteiger partial charge in [0.25, 0.3) is 0 Å². The van der Waals surface area contributed by atoms with E-state index in [1.54, 1.807) is 13.2 Å². The summed E-state index contributed by atoms with van der Waals surface area (Å²) in [6, 6.07) is 5.49. The molecule has 1 aromatic rings. The van der Waals surface area contributed by atoms with E-state index in [1.807, 2.05) is 12.1 Å². The molecule has 0 unspecified atom stereocenters. The molecule has 0 fully saturated rings. The molecule has 0 aliphatic heterocycles. The van der Waals surface area contributed by atoms with Crippen LogP contribution in [0.2, 0.25) is 0 Å². The van der Waals surface area contributed by atoms with Gasteiger partial charge in [-0.3, -0.25) is 0 Å². The van der Waals surface area contributed by atoms with Gasteiger partial charge >= 0.3 is 0 Å². The number of rotatable bonds is 3. The van der Waals surface area contributed by atoms with Crippen LogP contribution in [0, 0.1) is 5.92 Å². The molecule has 1 rings (SSSR count). The Morgan fingerprint density at radius 2 is 2.08 bits per heavy atom. The fraction of sp³-hybridized carbons (Fsp3) is 0.455. The second-order valence-corrected chi connectivity index (χ2v) is 3.60. The Bertz CT molecular complexity index is 279. The molecule has 1 aromatic carbocycles. The molecule has 0 aromatic heterocycles. The van der Waals surface area contributed by atoms with Gasteiger partial charge in [-0.1, -0.05) is 19.9 Å². The lowest BCUT2D eigenvalue weighted by Crippen LogP contribution is -1.94.